The van der Waals surface area contributed by atoms with Gasteiger partial charge in [-0.2, -0.15) is 4.73 Å². The van der Waals surface area contributed by atoms with Crippen molar-refractivity contribution in [2.45, 2.75) is 0 Å². The van der Waals surface area contributed by atoms with Gasteiger partial charge in [-0.1, -0.05) is 0 Å². The highest BCUT2D eigenvalue weighted by atomic mass is 79.9. The van der Waals surface area contributed by atoms with Crippen LogP contribution in [-0.4, -0.2) is 4.98 Å². The molecular weight excluding hydrogens is 220 g/mol. The summed E-state index contributed by atoms with van der Waals surface area (Å²) in [6, 6.07) is 5.29. The molecule has 2 aromatic heterocycles. The third kappa shape index (κ3) is 1.14. The first-order valence-electron chi connectivity index (χ1n) is 3.41. The summed E-state index contributed by atoms with van der Waals surface area (Å²) in [5, 5.41) is 11.2. The highest BCUT2D eigenvalue weighted by Crippen LogP contribution is 2.12. The number of pyridine rings is 2. The van der Waals surface area contributed by atoms with Crippen molar-refractivity contribution in [3.63, 3.8) is 0 Å². The molecule has 2 heterocycles. The fourth-order valence-electron chi connectivity index (χ4n) is 1.06. The molecule has 2 rings (SSSR count). The van der Waals surface area contributed by atoms with Gasteiger partial charge in [-0.05, 0) is 28.1 Å². The SMILES string of the molecule is [O-][n+]1cc(Br)cc2ncccc21. The molecule has 0 saturated carbocycles. The lowest BCUT2D eigenvalue weighted by Gasteiger charge is -1.99. The lowest BCUT2D eigenvalue weighted by Crippen LogP contribution is -2.26. The molecule has 0 aromatic carbocycles. The summed E-state index contributed by atoms with van der Waals surface area (Å²) in [5.41, 5.74) is 1.28. The molecule has 0 atom stereocenters. The maximum atomic E-state index is 11.2. The van der Waals surface area contributed by atoms with Crippen molar-refractivity contribution in [3.05, 3.63) is 40.3 Å². The Kier molecular flexibility index (Phi) is 1.69. The van der Waals surface area contributed by atoms with Crippen LogP contribution in [0.1, 0.15) is 0 Å². The van der Waals surface area contributed by atoms with Crippen molar-refractivity contribution in [3.8, 4) is 0 Å². The third-order valence-corrected chi connectivity index (χ3v) is 2.00. The number of rotatable bonds is 0. The third-order valence-electron chi connectivity index (χ3n) is 1.57. The van der Waals surface area contributed by atoms with E-state index in [1.54, 1.807) is 18.3 Å². The number of hydrogen-bond acceptors (Lipinski definition) is 2. The van der Waals surface area contributed by atoms with E-state index in [1.807, 2.05) is 6.07 Å². The fourth-order valence-corrected chi connectivity index (χ4v) is 1.46. The average Bonchev–Trinajstić information content (AvgIpc) is 2.04. The highest BCUT2D eigenvalue weighted by Gasteiger charge is 2.04. The second kappa shape index (κ2) is 2.71. The number of halogens is 1. The first kappa shape index (κ1) is 7.49. The van der Waals surface area contributed by atoms with E-state index in [-0.39, 0.29) is 0 Å². The van der Waals surface area contributed by atoms with E-state index in [0.29, 0.717) is 11.0 Å². The molecule has 0 bridgehead atoms. The molecule has 0 fully saturated rings. The number of aromatic nitrogens is 2. The predicted molar refractivity (Wildman–Crippen MR) is 48.4 cm³/mol. The van der Waals surface area contributed by atoms with Crippen LogP contribution in [0, 0.1) is 5.21 Å². The highest BCUT2D eigenvalue weighted by molar-refractivity contribution is 9.10. The van der Waals surface area contributed by atoms with Gasteiger partial charge in [-0.15, -0.1) is 0 Å². The molecule has 0 amide bonds. The van der Waals surface area contributed by atoms with Gasteiger partial charge in [0.1, 0.15) is 5.52 Å². The molecule has 4 heteroatoms. The minimum Gasteiger partial charge on any atom is -0.618 e. The van der Waals surface area contributed by atoms with Crippen LogP contribution in [0.15, 0.2) is 35.1 Å². The summed E-state index contributed by atoms with van der Waals surface area (Å²) in [6.07, 6.45) is 3.12. The monoisotopic (exact) mass is 224 g/mol. The molecule has 0 aliphatic rings. The predicted octanol–water partition coefficient (Wildman–Crippen LogP) is 1.63. The molecular formula is C8H5BrN2O. The van der Waals surface area contributed by atoms with Gasteiger partial charge >= 0.3 is 0 Å². The van der Waals surface area contributed by atoms with Gasteiger partial charge in [0.25, 0.3) is 0 Å². The van der Waals surface area contributed by atoms with E-state index >= 15 is 0 Å². The Hall–Kier alpha value is -1.16. The van der Waals surface area contributed by atoms with E-state index in [4.69, 9.17) is 0 Å². The topological polar surface area (TPSA) is 39.8 Å². The quantitative estimate of drug-likeness (QED) is 0.505. The van der Waals surface area contributed by atoms with Crippen LogP contribution in [0.5, 0.6) is 0 Å². The molecule has 0 radical (unpaired) electrons. The maximum Gasteiger partial charge on any atom is 0.242 e. The Morgan fingerprint density at radius 1 is 1.50 bits per heavy atom. The van der Waals surface area contributed by atoms with Crippen LogP contribution in [0.4, 0.5) is 0 Å². The second-order valence-corrected chi connectivity index (χ2v) is 3.31. The molecule has 0 aliphatic heterocycles. The van der Waals surface area contributed by atoms with Crippen molar-refractivity contribution >= 4 is 27.0 Å². The Morgan fingerprint density at radius 3 is 3.17 bits per heavy atom. The van der Waals surface area contributed by atoms with Gasteiger partial charge < -0.3 is 5.21 Å². The van der Waals surface area contributed by atoms with Gasteiger partial charge in [0, 0.05) is 12.3 Å². The van der Waals surface area contributed by atoms with Crippen molar-refractivity contribution in [1.29, 1.82) is 0 Å². The van der Waals surface area contributed by atoms with Crippen molar-refractivity contribution in [2.75, 3.05) is 0 Å². The van der Waals surface area contributed by atoms with Gasteiger partial charge in [0.2, 0.25) is 5.52 Å². The lowest BCUT2D eigenvalue weighted by atomic mass is 10.3. The van der Waals surface area contributed by atoms with E-state index in [0.717, 1.165) is 9.20 Å². The molecule has 60 valence electrons. The molecule has 0 saturated heterocycles. The largest absolute Gasteiger partial charge is 0.618 e. The minimum absolute atomic E-state index is 0.584. The molecule has 0 spiro atoms. The molecule has 3 nitrogen and oxygen atoms in total. The Bertz CT molecular complexity index is 430. The van der Waals surface area contributed by atoms with Crippen molar-refractivity contribution < 1.29 is 4.73 Å². The van der Waals surface area contributed by atoms with Gasteiger partial charge in [0.05, 0.1) is 4.47 Å². The summed E-state index contributed by atoms with van der Waals surface area (Å²) in [4.78, 5) is 4.05. The number of fused-ring (bicyclic) bond motifs is 1. The van der Waals surface area contributed by atoms with Crippen LogP contribution >= 0.6 is 15.9 Å². The zero-order valence-corrected chi connectivity index (χ0v) is 7.65. The van der Waals surface area contributed by atoms with E-state index in [1.165, 1.54) is 6.20 Å². The second-order valence-electron chi connectivity index (χ2n) is 2.39. The van der Waals surface area contributed by atoms with Gasteiger partial charge in [-0.25, -0.2) is 4.98 Å². The lowest BCUT2D eigenvalue weighted by molar-refractivity contribution is -0.577. The Morgan fingerprint density at radius 2 is 2.33 bits per heavy atom. The van der Waals surface area contributed by atoms with Crippen molar-refractivity contribution in [1.82, 2.24) is 4.98 Å². The molecule has 0 unspecified atom stereocenters. The van der Waals surface area contributed by atoms with Crippen LogP contribution < -0.4 is 4.73 Å². The van der Waals surface area contributed by atoms with E-state index in [2.05, 4.69) is 20.9 Å². The van der Waals surface area contributed by atoms with Crippen LogP contribution in [0.3, 0.4) is 0 Å². The first-order valence-corrected chi connectivity index (χ1v) is 4.20. The Labute approximate surface area is 77.4 Å². The maximum absolute atomic E-state index is 11.2. The summed E-state index contributed by atoms with van der Waals surface area (Å²) in [7, 11) is 0. The van der Waals surface area contributed by atoms with Crippen molar-refractivity contribution in [2.24, 2.45) is 0 Å². The van der Waals surface area contributed by atoms with Gasteiger partial charge in [-0.3, -0.25) is 0 Å². The first-order chi connectivity index (χ1) is 5.77. The van der Waals surface area contributed by atoms with E-state index in [9.17, 15) is 5.21 Å². The summed E-state index contributed by atoms with van der Waals surface area (Å²) < 4.78 is 1.54. The normalized spacial score (nSPS) is 10.4. The molecule has 12 heavy (non-hydrogen) atoms. The summed E-state index contributed by atoms with van der Waals surface area (Å²) in [6.45, 7) is 0. The molecule has 0 aliphatic carbocycles. The average molecular weight is 225 g/mol. The van der Waals surface area contributed by atoms with Crippen LogP contribution in [0.2, 0.25) is 0 Å². The smallest absolute Gasteiger partial charge is 0.242 e. The number of nitrogens with zero attached hydrogens (tertiary/aromatic N) is 2. The summed E-state index contributed by atoms with van der Waals surface area (Å²) >= 11 is 3.22. The molecule has 0 N–H and O–H groups in total. The zero-order chi connectivity index (χ0) is 8.55. The fraction of sp³-hybridized carbons (Fsp3) is 0. The van der Waals surface area contributed by atoms with E-state index < -0.39 is 0 Å². The van der Waals surface area contributed by atoms with Crippen LogP contribution in [-0.2, 0) is 0 Å². The standard InChI is InChI=1S/C8H5BrN2O/c9-6-4-7-8(11(12)5-6)2-1-3-10-7/h1-5H. The molecule has 2 aromatic rings. The summed E-state index contributed by atoms with van der Waals surface area (Å²) in [5.74, 6) is 0. The number of hydrogen-bond donors (Lipinski definition) is 0. The van der Waals surface area contributed by atoms with Gasteiger partial charge in [0.15, 0.2) is 6.20 Å². The Balaban J connectivity index is 2.89. The minimum atomic E-state index is 0.584. The van der Waals surface area contributed by atoms with Crippen LogP contribution in [0.25, 0.3) is 11.0 Å². The zero-order valence-electron chi connectivity index (χ0n) is 6.07.